The minimum Gasteiger partial charge on any atom is -0.397 e. The van der Waals surface area contributed by atoms with Crippen LogP contribution in [0.4, 0.5) is 11.4 Å². The Kier molecular flexibility index (Phi) is 2.82. The van der Waals surface area contributed by atoms with E-state index < -0.39 is 0 Å². The van der Waals surface area contributed by atoms with E-state index in [0.717, 1.165) is 24.5 Å². The molecule has 0 bridgehead atoms. The lowest BCUT2D eigenvalue weighted by Crippen LogP contribution is -2.54. The molecule has 1 aliphatic heterocycles. The Balaban J connectivity index is 2.20. The maximum absolute atomic E-state index is 5.98. The number of nitrogens with two attached hydrogens (primary N) is 1. The molecule has 0 unspecified atom stereocenters. The van der Waals surface area contributed by atoms with Crippen LogP contribution < -0.4 is 16.0 Å². The molecular formula is C12H19N3. The number of anilines is 2. The highest BCUT2D eigenvalue weighted by atomic mass is 15.2. The van der Waals surface area contributed by atoms with Gasteiger partial charge >= 0.3 is 0 Å². The van der Waals surface area contributed by atoms with Crippen molar-refractivity contribution < 1.29 is 0 Å². The van der Waals surface area contributed by atoms with Crippen molar-refractivity contribution in [3.63, 3.8) is 0 Å². The van der Waals surface area contributed by atoms with Crippen molar-refractivity contribution in [1.29, 1.82) is 0 Å². The zero-order valence-corrected chi connectivity index (χ0v) is 9.40. The van der Waals surface area contributed by atoms with Gasteiger partial charge in [-0.15, -0.1) is 0 Å². The molecule has 15 heavy (non-hydrogen) atoms. The summed E-state index contributed by atoms with van der Waals surface area (Å²) in [6.07, 6.45) is 0. The average molecular weight is 205 g/mol. The van der Waals surface area contributed by atoms with Gasteiger partial charge in [-0.25, -0.2) is 0 Å². The van der Waals surface area contributed by atoms with Crippen LogP contribution >= 0.6 is 0 Å². The maximum Gasteiger partial charge on any atom is 0.0601 e. The van der Waals surface area contributed by atoms with E-state index in [-0.39, 0.29) is 0 Å². The number of rotatable bonds is 1. The van der Waals surface area contributed by atoms with Gasteiger partial charge in [0.2, 0.25) is 0 Å². The van der Waals surface area contributed by atoms with Gasteiger partial charge < -0.3 is 16.0 Å². The predicted molar refractivity (Wildman–Crippen MR) is 65.1 cm³/mol. The van der Waals surface area contributed by atoms with E-state index in [1.807, 2.05) is 18.2 Å². The molecule has 0 aliphatic carbocycles. The third kappa shape index (κ3) is 2.23. The summed E-state index contributed by atoms with van der Waals surface area (Å²) in [5.74, 6) is 0. The molecule has 1 aliphatic rings. The second kappa shape index (κ2) is 4.11. The lowest BCUT2D eigenvalue weighted by molar-refractivity contribution is 0.407. The number of piperazine rings is 1. The highest BCUT2D eigenvalue weighted by Crippen LogP contribution is 2.24. The fourth-order valence-electron chi connectivity index (χ4n) is 2.30. The monoisotopic (exact) mass is 205 g/mol. The molecule has 1 aromatic carbocycles. The van der Waals surface area contributed by atoms with E-state index in [4.69, 9.17) is 5.73 Å². The van der Waals surface area contributed by atoms with E-state index in [2.05, 4.69) is 30.1 Å². The van der Waals surface area contributed by atoms with Crippen LogP contribution in [0.5, 0.6) is 0 Å². The summed E-state index contributed by atoms with van der Waals surface area (Å²) >= 11 is 0. The van der Waals surface area contributed by atoms with Crippen molar-refractivity contribution in [2.45, 2.75) is 25.9 Å². The molecule has 0 aromatic heterocycles. The minimum absolute atomic E-state index is 0.522. The molecule has 82 valence electrons. The molecule has 3 heteroatoms. The van der Waals surface area contributed by atoms with Crippen molar-refractivity contribution in [2.24, 2.45) is 0 Å². The number of nitrogens with zero attached hydrogens (tertiary/aromatic N) is 1. The number of nitrogen functional groups attached to an aromatic ring is 1. The van der Waals surface area contributed by atoms with Gasteiger partial charge in [0.25, 0.3) is 0 Å². The Bertz CT molecular complexity index is 327. The van der Waals surface area contributed by atoms with Crippen molar-refractivity contribution in [3.8, 4) is 0 Å². The van der Waals surface area contributed by atoms with Crippen LogP contribution in [0.15, 0.2) is 24.3 Å². The van der Waals surface area contributed by atoms with Gasteiger partial charge in [-0.05, 0) is 26.0 Å². The van der Waals surface area contributed by atoms with Gasteiger partial charge in [0.1, 0.15) is 0 Å². The van der Waals surface area contributed by atoms with Crippen molar-refractivity contribution in [1.82, 2.24) is 5.32 Å². The van der Waals surface area contributed by atoms with Crippen LogP contribution in [-0.4, -0.2) is 25.2 Å². The summed E-state index contributed by atoms with van der Waals surface area (Å²) in [4.78, 5) is 2.36. The highest BCUT2D eigenvalue weighted by Gasteiger charge is 2.21. The molecule has 1 fully saturated rings. The topological polar surface area (TPSA) is 41.3 Å². The first kappa shape index (κ1) is 10.3. The predicted octanol–water partition coefficient (Wildman–Crippen LogP) is 1.46. The van der Waals surface area contributed by atoms with Crippen molar-refractivity contribution in [3.05, 3.63) is 24.3 Å². The highest BCUT2D eigenvalue weighted by molar-refractivity contribution is 5.67. The van der Waals surface area contributed by atoms with Gasteiger partial charge in [0, 0.05) is 25.2 Å². The molecule has 0 saturated carbocycles. The summed E-state index contributed by atoms with van der Waals surface area (Å²) in [6.45, 7) is 6.47. The van der Waals surface area contributed by atoms with Crippen LogP contribution in [0.3, 0.4) is 0 Å². The Morgan fingerprint density at radius 3 is 2.40 bits per heavy atom. The van der Waals surface area contributed by atoms with E-state index in [0.29, 0.717) is 12.1 Å². The van der Waals surface area contributed by atoms with Gasteiger partial charge in [-0.1, -0.05) is 12.1 Å². The largest absolute Gasteiger partial charge is 0.397 e. The summed E-state index contributed by atoms with van der Waals surface area (Å²) in [6, 6.07) is 9.13. The molecule has 3 nitrogen and oxygen atoms in total. The second-order valence-corrected chi connectivity index (χ2v) is 4.43. The normalized spacial score (nSPS) is 26.7. The van der Waals surface area contributed by atoms with E-state index in [9.17, 15) is 0 Å². The van der Waals surface area contributed by atoms with Gasteiger partial charge in [-0.3, -0.25) is 0 Å². The zero-order valence-electron chi connectivity index (χ0n) is 9.40. The fourth-order valence-corrected chi connectivity index (χ4v) is 2.30. The lowest BCUT2D eigenvalue weighted by atomic mass is 10.1. The van der Waals surface area contributed by atoms with Crippen LogP contribution in [0.2, 0.25) is 0 Å². The second-order valence-electron chi connectivity index (χ2n) is 4.43. The molecule has 3 N–H and O–H groups in total. The van der Waals surface area contributed by atoms with Gasteiger partial charge in [-0.2, -0.15) is 0 Å². The lowest BCUT2D eigenvalue weighted by Gasteiger charge is -2.38. The first-order valence-corrected chi connectivity index (χ1v) is 5.52. The van der Waals surface area contributed by atoms with Gasteiger partial charge in [0.05, 0.1) is 11.4 Å². The number of hydrogen-bond acceptors (Lipinski definition) is 3. The molecule has 0 radical (unpaired) electrons. The summed E-state index contributed by atoms with van der Waals surface area (Å²) in [5, 5.41) is 3.52. The minimum atomic E-state index is 0.522. The molecule has 1 aromatic rings. The summed E-state index contributed by atoms with van der Waals surface area (Å²) in [7, 11) is 0. The van der Waals surface area contributed by atoms with Gasteiger partial charge in [0.15, 0.2) is 0 Å². The quantitative estimate of drug-likeness (QED) is 0.682. The maximum atomic E-state index is 5.98. The smallest absolute Gasteiger partial charge is 0.0601 e. The Morgan fingerprint density at radius 2 is 1.80 bits per heavy atom. The molecule has 1 saturated heterocycles. The Morgan fingerprint density at radius 1 is 1.20 bits per heavy atom. The molecule has 0 spiro atoms. The standard InChI is InChI=1S/C12H19N3/c1-9-7-15(8-10(2)14-9)12-6-4-3-5-11(12)13/h3-6,9-10,14H,7-8,13H2,1-2H3/t9-,10-/m1/s1. The van der Waals surface area contributed by atoms with Crippen LogP contribution in [0, 0.1) is 0 Å². The summed E-state index contributed by atoms with van der Waals surface area (Å²) < 4.78 is 0. The van der Waals surface area contributed by atoms with Crippen LogP contribution in [0.25, 0.3) is 0 Å². The van der Waals surface area contributed by atoms with E-state index in [1.54, 1.807) is 0 Å². The molecular weight excluding hydrogens is 186 g/mol. The third-order valence-electron chi connectivity index (χ3n) is 2.83. The molecule has 2 atom stereocenters. The number of nitrogens with one attached hydrogen (secondary N) is 1. The Hall–Kier alpha value is -1.22. The van der Waals surface area contributed by atoms with Crippen LogP contribution in [0.1, 0.15) is 13.8 Å². The fraction of sp³-hybridized carbons (Fsp3) is 0.500. The van der Waals surface area contributed by atoms with E-state index >= 15 is 0 Å². The number of benzene rings is 1. The molecule has 2 rings (SSSR count). The number of hydrogen-bond donors (Lipinski definition) is 2. The molecule has 0 amide bonds. The zero-order chi connectivity index (χ0) is 10.8. The first-order valence-electron chi connectivity index (χ1n) is 5.52. The SMILES string of the molecule is C[C@@H]1CN(c2ccccc2N)C[C@@H](C)N1. The first-order chi connectivity index (χ1) is 7.16. The van der Waals surface area contributed by atoms with Crippen molar-refractivity contribution >= 4 is 11.4 Å². The van der Waals surface area contributed by atoms with Crippen molar-refractivity contribution in [2.75, 3.05) is 23.7 Å². The average Bonchev–Trinajstić information content (AvgIpc) is 2.16. The Labute approximate surface area is 91.3 Å². The summed E-state index contributed by atoms with van der Waals surface area (Å²) in [5.41, 5.74) is 8.02. The van der Waals surface area contributed by atoms with E-state index in [1.165, 1.54) is 0 Å². The van der Waals surface area contributed by atoms with Crippen LogP contribution in [-0.2, 0) is 0 Å². The third-order valence-corrected chi connectivity index (χ3v) is 2.83. The molecule has 1 heterocycles. The number of para-hydroxylation sites is 2.